The molecule has 5 heteroatoms. The summed E-state index contributed by atoms with van der Waals surface area (Å²) >= 11 is 0. The Morgan fingerprint density at radius 1 is 1.44 bits per heavy atom. The van der Waals surface area contributed by atoms with Crippen LogP contribution in [0.25, 0.3) is 0 Å². The number of carbonyl (C=O) groups is 1. The summed E-state index contributed by atoms with van der Waals surface area (Å²) in [6, 6.07) is 5.29. The number of anilines is 2. The molecule has 0 aliphatic heterocycles. The van der Waals surface area contributed by atoms with Gasteiger partial charge >= 0.3 is 0 Å². The van der Waals surface area contributed by atoms with E-state index in [0.717, 1.165) is 13.1 Å². The van der Waals surface area contributed by atoms with Crippen LogP contribution in [0, 0.1) is 0 Å². The molecule has 0 unspecified atom stereocenters. The zero-order valence-electron chi connectivity index (χ0n) is 9.73. The molecule has 1 heterocycles. The number of amides is 1. The molecule has 0 aromatic carbocycles. The van der Waals surface area contributed by atoms with Crippen molar-refractivity contribution in [2.75, 3.05) is 30.7 Å². The second-order valence-corrected chi connectivity index (χ2v) is 3.37. The summed E-state index contributed by atoms with van der Waals surface area (Å²) in [5, 5.41) is 2.95. The molecule has 0 spiro atoms. The average molecular weight is 222 g/mol. The minimum atomic E-state index is 0.0641. The van der Waals surface area contributed by atoms with Gasteiger partial charge in [0, 0.05) is 13.1 Å². The van der Waals surface area contributed by atoms with Gasteiger partial charge in [-0.2, -0.15) is 0 Å². The Kier molecular flexibility index (Phi) is 4.57. The highest BCUT2D eigenvalue weighted by atomic mass is 16.2. The van der Waals surface area contributed by atoms with Crippen LogP contribution < -0.4 is 11.1 Å². The Morgan fingerprint density at radius 2 is 2.12 bits per heavy atom. The van der Waals surface area contributed by atoms with E-state index < -0.39 is 0 Å². The van der Waals surface area contributed by atoms with Crippen LogP contribution in [0.1, 0.15) is 13.8 Å². The van der Waals surface area contributed by atoms with Gasteiger partial charge in [-0.05, 0) is 26.0 Å². The number of carbonyl (C=O) groups excluding carboxylic acids is 1. The number of rotatable bonds is 5. The van der Waals surface area contributed by atoms with Crippen molar-refractivity contribution in [2.45, 2.75) is 13.8 Å². The first-order valence-corrected chi connectivity index (χ1v) is 5.41. The second-order valence-electron chi connectivity index (χ2n) is 3.37. The third-order valence-corrected chi connectivity index (χ3v) is 2.31. The van der Waals surface area contributed by atoms with Crippen LogP contribution in [0.5, 0.6) is 0 Å². The number of nitrogens with two attached hydrogens (primary N) is 1. The van der Waals surface area contributed by atoms with E-state index in [9.17, 15) is 4.79 Å². The average Bonchev–Trinajstić information content (AvgIpc) is 2.28. The lowest BCUT2D eigenvalue weighted by Crippen LogP contribution is -2.35. The van der Waals surface area contributed by atoms with Gasteiger partial charge in [-0.25, -0.2) is 4.98 Å². The number of likely N-dealkylation sites (N-methyl/N-ethyl adjacent to an activating group) is 1. The number of aromatic nitrogens is 1. The molecule has 0 bridgehead atoms. The molecule has 0 aliphatic rings. The quantitative estimate of drug-likeness (QED) is 0.778. The maximum atomic E-state index is 11.7. The topological polar surface area (TPSA) is 71.2 Å². The van der Waals surface area contributed by atoms with Gasteiger partial charge in [0.05, 0.1) is 6.54 Å². The van der Waals surface area contributed by atoms with E-state index in [1.165, 1.54) is 0 Å². The molecular weight excluding hydrogens is 204 g/mol. The number of hydrogen-bond acceptors (Lipinski definition) is 4. The highest BCUT2D eigenvalue weighted by Gasteiger charge is 2.08. The summed E-state index contributed by atoms with van der Waals surface area (Å²) in [5.41, 5.74) is 5.53. The molecule has 1 aromatic rings. The Hall–Kier alpha value is -1.78. The molecule has 0 atom stereocenters. The molecule has 3 N–H and O–H groups in total. The number of nitrogens with one attached hydrogen (secondary N) is 1. The van der Waals surface area contributed by atoms with Crippen LogP contribution in [0.3, 0.4) is 0 Å². The minimum absolute atomic E-state index is 0.0641. The Morgan fingerprint density at radius 3 is 2.69 bits per heavy atom. The molecule has 1 amide bonds. The van der Waals surface area contributed by atoms with Crippen LogP contribution in [-0.4, -0.2) is 35.4 Å². The molecule has 0 aliphatic carbocycles. The summed E-state index contributed by atoms with van der Waals surface area (Å²) < 4.78 is 0. The third kappa shape index (κ3) is 3.42. The van der Waals surface area contributed by atoms with Gasteiger partial charge in [-0.1, -0.05) is 6.07 Å². The number of pyridine rings is 1. The SMILES string of the molecule is CCN(CC)C(=O)CNc1cccc(N)n1. The van der Waals surface area contributed by atoms with Crippen molar-refractivity contribution in [3.05, 3.63) is 18.2 Å². The van der Waals surface area contributed by atoms with Crippen LogP contribution in [0.2, 0.25) is 0 Å². The summed E-state index contributed by atoms with van der Waals surface area (Å²) in [6.45, 7) is 5.61. The summed E-state index contributed by atoms with van der Waals surface area (Å²) in [4.78, 5) is 17.5. The summed E-state index contributed by atoms with van der Waals surface area (Å²) in [6.07, 6.45) is 0. The van der Waals surface area contributed by atoms with Gasteiger partial charge in [-0.3, -0.25) is 4.79 Å². The van der Waals surface area contributed by atoms with E-state index in [1.807, 2.05) is 13.8 Å². The van der Waals surface area contributed by atoms with Crippen molar-refractivity contribution in [1.82, 2.24) is 9.88 Å². The third-order valence-electron chi connectivity index (χ3n) is 2.31. The number of hydrogen-bond donors (Lipinski definition) is 2. The molecule has 16 heavy (non-hydrogen) atoms. The molecule has 1 rings (SSSR count). The van der Waals surface area contributed by atoms with Crippen molar-refractivity contribution in [1.29, 1.82) is 0 Å². The summed E-state index contributed by atoms with van der Waals surface area (Å²) in [5.74, 6) is 1.13. The highest BCUT2D eigenvalue weighted by molar-refractivity contribution is 5.80. The van der Waals surface area contributed by atoms with E-state index in [1.54, 1.807) is 23.1 Å². The summed E-state index contributed by atoms with van der Waals surface area (Å²) in [7, 11) is 0. The van der Waals surface area contributed by atoms with Crippen LogP contribution >= 0.6 is 0 Å². The van der Waals surface area contributed by atoms with Crippen molar-refractivity contribution >= 4 is 17.5 Å². The Bertz CT molecular complexity index is 350. The van der Waals surface area contributed by atoms with E-state index in [4.69, 9.17) is 5.73 Å². The smallest absolute Gasteiger partial charge is 0.241 e. The molecule has 1 aromatic heterocycles. The fraction of sp³-hybridized carbons (Fsp3) is 0.455. The van der Waals surface area contributed by atoms with Crippen molar-refractivity contribution < 1.29 is 4.79 Å². The van der Waals surface area contributed by atoms with E-state index in [0.29, 0.717) is 11.6 Å². The lowest BCUT2D eigenvalue weighted by Gasteiger charge is -2.18. The minimum Gasteiger partial charge on any atom is -0.384 e. The standard InChI is InChI=1S/C11H18N4O/c1-3-15(4-2)11(16)8-13-10-7-5-6-9(12)14-10/h5-7H,3-4,8H2,1-2H3,(H3,12,13,14). The van der Waals surface area contributed by atoms with Gasteiger partial charge < -0.3 is 16.0 Å². The molecule has 88 valence electrons. The van der Waals surface area contributed by atoms with Gasteiger partial charge in [0.2, 0.25) is 5.91 Å². The maximum Gasteiger partial charge on any atom is 0.241 e. The number of nitrogen functional groups attached to an aromatic ring is 1. The van der Waals surface area contributed by atoms with E-state index >= 15 is 0 Å². The molecule has 0 fully saturated rings. The second kappa shape index (κ2) is 5.95. The number of nitrogens with zero attached hydrogens (tertiary/aromatic N) is 2. The fourth-order valence-electron chi connectivity index (χ4n) is 1.40. The van der Waals surface area contributed by atoms with Crippen LogP contribution in [-0.2, 0) is 4.79 Å². The monoisotopic (exact) mass is 222 g/mol. The molecule has 5 nitrogen and oxygen atoms in total. The fourth-order valence-corrected chi connectivity index (χ4v) is 1.40. The van der Waals surface area contributed by atoms with Crippen molar-refractivity contribution in [3.63, 3.8) is 0 Å². The zero-order chi connectivity index (χ0) is 12.0. The van der Waals surface area contributed by atoms with Gasteiger partial charge in [-0.15, -0.1) is 0 Å². The molecular formula is C11H18N4O. The Labute approximate surface area is 95.7 Å². The van der Waals surface area contributed by atoms with Gasteiger partial charge in [0.25, 0.3) is 0 Å². The zero-order valence-corrected chi connectivity index (χ0v) is 9.73. The molecule has 0 radical (unpaired) electrons. The van der Waals surface area contributed by atoms with Gasteiger partial charge in [0.15, 0.2) is 0 Å². The van der Waals surface area contributed by atoms with Gasteiger partial charge in [0.1, 0.15) is 11.6 Å². The van der Waals surface area contributed by atoms with Crippen molar-refractivity contribution in [3.8, 4) is 0 Å². The predicted octanol–water partition coefficient (Wildman–Crippen LogP) is 0.944. The lowest BCUT2D eigenvalue weighted by atomic mass is 10.4. The first-order chi connectivity index (χ1) is 7.67. The van der Waals surface area contributed by atoms with E-state index in [2.05, 4.69) is 10.3 Å². The van der Waals surface area contributed by atoms with Crippen LogP contribution in [0.15, 0.2) is 18.2 Å². The van der Waals surface area contributed by atoms with E-state index in [-0.39, 0.29) is 12.5 Å². The first kappa shape index (κ1) is 12.3. The van der Waals surface area contributed by atoms with Crippen molar-refractivity contribution in [2.24, 2.45) is 0 Å². The largest absolute Gasteiger partial charge is 0.384 e. The lowest BCUT2D eigenvalue weighted by molar-refractivity contribution is -0.128. The molecule has 0 saturated carbocycles. The first-order valence-electron chi connectivity index (χ1n) is 5.41. The normalized spacial score (nSPS) is 9.88. The predicted molar refractivity (Wildman–Crippen MR) is 65.1 cm³/mol. The van der Waals surface area contributed by atoms with Crippen LogP contribution in [0.4, 0.5) is 11.6 Å². The maximum absolute atomic E-state index is 11.7. The molecule has 0 saturated heterocycles. The Balaban J connectivity index is 2.48. The highest BCUT2D eigenvalue weighted by Crippen LogP contribution is 2.05.